The monoisotopic (exact) mass is 670 g/mol. The number of carboxylic acids is 1. The fourth-order valence-corrected chi connectivity index (χ4v) is 5.36. The lowest BCUT2D eigenvalue weighted by atomic mass is 9.93. The van der Waals surface area contributed by atoms with E-state index in [-0.39, 0.29) is 66.0 Å². The zero-order valence-electron chi connectivity index (χ0n) is 25.5. The largest absolute Gasteiger partial charge is 0.481 e. The van der Waals surface area contributed by atoms with Gasteiger partial charge < -0.3 is 25.6 Å². The third-order valence-electron chi connectivity index (χ3n) is 7.52. The van der Waals surface area contributed by atoms with Crippen LogP contribution in [0.1, 0.15) is 72.8 Å². The number of rotatable bonds is 10. The molecule has 0 bridgehead atoms. The molecule has 11 nitrogen and oxygen atoms in total. The molecule has 17 heteroatoms. The molecule has 47 heavy (non-hydrogen) atoms. The molecule has 1 aliphatic heterocycles. The average Bonchev–Trinajstić information content (AvgIpc) is 2.99. The Morgan fingerprint density at radius 1 is 1.04 bits per heavy atom. The first kappa shape index (κ1) is 35.0. The molecule has 0 spiro atoms. The number of amides is 1. The predicted octanol–water partition coefficient (Wildman–Crippen LogP) is 6.41. The maximum absolute atomic E-state index is 13.6. The normalized spacial score (nSPS) is 16.4. The zero-order chi connectivity index (χ0) is 34.7. The molecule has 254 valence electrons. The van der Waals surface area contributed by atoms with Crippen LogP contribution < -0.4 is 20.7 Å². The van der Waals surface area contributed by atoms with Gasteiger partial charge in [-0.1, -0.05) is 6.92 Å². The minimum absolute atomic E-state index is 0.0156. The lowest BCUT2D eigenvalue weighted by Crippen LogP contribution is -2.46. The van der Waals surface area contributed by atoms with Gasteiger partial charge in [0.1, 0.15) is 5.82 Å². The van der Waals surface area contributed by atoms with E-state index in [1.54, 1.807) is 19.1 Å². The van der Waals surface area contributed by atoms with Crippen molar-refractivity contribution in [2.24, 2.45) is 0 Å². The van der Waals surface area contributed by atoms with E-state index >= 15 is 0 Å². The van der Waals surface area contributed by atoms with E-state index in [1.165, 1.54) is 12.0 Å². The van der Waals surface area contributed by atoms with Gasteiger partial charge in [-0.15, -0.1) is 0 Å². The molecule has 0 fully saturated rings. The standard InChI is InChI=1S/C30H32F6N6O5/c1-4-18-14-21(25-22(7-8-23(40-25)46-3)42(18)28(45)47-5-2)39-27-38-20(19(26(37)41-27)6-9-24(43)44)12-15-10-16(29(31,32)33)13-17(11-15)30(34,35)36/h7-8,10-11,13,18,21H,4-6,9,12,14H2,1-3H3,(H,43,44)(H3,37,38,39,41)/t18-,21+/m1/s1. The average molecular weight is 671 g/mol. The van der Waals surface area contributed by atoms with Gasteiger partial charge in [-0.05, 0) is 56.0 Å². The number of hydrogen-bond acceptors (Lipinski definition) is 9. The van der Waals surface area contributed by atoms with Crippen molar-refractivity contribution in [3.63, 3.8) is 0 Å². The number of halogens is 6. The molecule has 0 aliphatic carbocycles. The highest BCUT2D eigenvalue weighted by molar-refractivity contribution is 5.90. The Bertz CT molecular complexity index is 1600. The number of carbonyl (C=O) groups is 2. The van der Waals surface area contributed by atoms with Crippen molar-refractivity contribution in [2.75, 3.05) is 29.7 Å². The van der Waals surface area contributed by atoms with Gasteiger partial charge >= 0.3 is 24.4 Å². The third kappa shape index (κ3) is 8.13. The smallest absolute Gasteiger partial charge is 0.416 e. The highest BCUT2D eigenvalue weighted by Gasteiger charge is 2.39. The first-order chi connectivity index (χ1) is 22.0. The summed E-state index contributed by atoms with van der Waals surface area (Å²) < 4.78 is 92.0. The Morgan fingerprint density at radius 3 is 2.26 bits per heavy atom. The highest BCUT2D eigenvalue weighted by Crippen LogP contribution is 2.41. The molecular formula is C30H32F6N6O5. The summed E-state index contributed by atoms with van der Waals surface area (Å²) >= 11 is 0. The number of methoxy groups -OCH3 is 1. The van der Waals surface area contributed by atoms with Crippen LogP contribution in [0.25, 0.3) is 0 Å². The number of aliphatic carboxylic acids is 1. The molecule has 0 radical (unpaired) electrons. The Morgan fingerprint density at radius 2 is 1.70 bits per heavy atom. The molecule has 0 unspecified atom stereocenters. The van der Waals surface area contributed by atoms with Crippen molar-refractivity contribution in [3.8, 4) is 5.88 Å². The van der Waals surface area contributed by atoms with E-state index in [1.807, 2.05) is 6.92 Å². The van der Waals surface area contributed by atoms with Gasteiger partial charge in [0.15, 0.2) is 0 Å². The van der Waals surface area contributed by atoms with E-state index < -0.39 is 54.4 Å². The summed E-state index contributed by atoms with van der Waals surface area (Å²) in [5.74, 6) is -1.34. The number of anilines is 3. The third-order valence-corrected chi connectivity index (χ3v) is 7.52. The molecule has 1 aliphatic rings. The maximum atomic E-state index is 13.6. The van der Waals surface area contributed by atoms with Gasteiger partial charge in [0, 0.05) is 30.5 Å². The van der Waals surface area contributed by atoms with Crippen LogP contribution in [0.4, 0.5) is 48.6 Å². The molecule has 0 saturated carbocycles. The summed E-state index contributed by atoms with van der Waals surface area (Å²) in [4.78, 5) is 38.9. The number of benzene rings is 1. The van der Waals surface area contributed by atoms with E-state index in [4.69, 9.17) is 15.2 Å². The van der Waals surface area contributed by atoms with Gasteiger partial charge in [0.05, 0.1) is 48.0 Å². The first-order valence-corrected chi connectivity index (χ1v) is 14.5. The number of carboxylic acid groups (broad SMARTS) is 1. The Labute approximate surface area is 265 Å². The van der Waals surface area contributed by atoms with Crippen LogP contribution in [-0.2, 0) is 34.7 Å². The van der Waals surface area contributed by atoms with Gasteiger partial charge in [-0.2, -0.15) is 31.3 Å². The predicted molar refractivity (Wildman–Crippen MR) is 157 cm³/mol. The van der Waals surface area contributed by atoms with Crippen molar-refractivity contribution in [2.45, 2.75) is 70.4 Å². The number of pyridine rings is 1. The minimum atomic E-state index is -5.07. The first-order valence-electron chi connectivity index (χ1n) is 14.5. The van der Waals surface area contributed by atoms with Crippen LogP contribution in [0.2, 0.25) is 0 Å². The SMILES string of the molecule is CCOC(=O)N1c2ccc(OC)nc2[C@@H](Nc2nc(N)c(CCC(=O)O)c(Cc3cc(C(F)(F)F)cc(C(F)(F)F)c3)n2)C[C@H]1CC. The fraction of sp³-hybridized carbons (Fsp3) is 0.433. The van der Waals surface area contributed by atoms with Gasteiger partial charge in [-0.25, -0.2) is 14.8 Å². The molecule has 4 N–H and O–H groups in total. The number of nitrogen functional groups attached to an aromatic ring is 1. The van der Waals surface area contributed by atoms with Crippen LogP contribution >= 0.6 is 0 Å². The fourth-order valence-electron chi connectivity index (χ4n) is 5.36. The van der Waals surface area contributed by atoms with Gasteiger partial charge in [-0.3, -0.25) is 9.69 Å². The van der Waals surface area contributed by atoms with Crippen LogP contribution in [0.5, 0.6) is 5.88 Å². The molecule has 3 aromatic rings. The second-order valence-corrected chi connectivity index (χ2v) is 10.7. The molecule has 1 amide bonds. The summed E-state index contributed by atoms with van der Waals surface area (Å²) in [5, 5.41) is 12.3. The van der Waals surface area contributed by atoms with Crippen molar-refractivity contribution < 1.29 is 50.5 Å². The summed E-state index contributed by atoms with van der Waals surface area (Å²) in [7, 11) is 1.40. The summed E-state index contributed by atoms with van der Waals surface area (Å²) in [6.07, 6.45) is -11.2. The lowest BCUT2D eigenvalue weighted by Gasteiger charge is -2.39. The molecule has 3 heterocycles. The van der Waals surface area contributed by atoms with Gasteiger partial charge in [0.2, 0.25) is 11.8 Å². The molecule has 0 saturated heterocycles. The van der Waals surface area contributed by atoms with E-state index in [2.05, 4.69) is 20.3 Å². The van der Waals surface area contributed by atoms with Gasteiger partial charge in [0.25, 0.3) is 0 Å². The van der Waals surface area contributed by atoms with Crippen LogP contribution in [-0.4, -0.2) is 51.9 Å². The zero-order valence-corrected chi connectivity index (χ0v) is 25.5. The van der Waals surface area contributed by atoms with E-state index in [0.29, 0.717) is 29.9 Å². The summed E-state index contributed by atoms with van der Waals surface area (Å²) in [6.45, 7) is 3.67. The lowest BCUT2D eigenvalue weighted by molar-refractivity contribution is -0.143. The number of nitrogens with zero attached hydrogens (tertiary/aromatic N) is 4. The summed E-state index contributed by atoms with van der Waals surface area (Å²) in [6, 6.07) is 3.31. The number of aromatic nitrogens is 3. The van der Waals surface area contributed by atoms with Crippen LogP contribution in [0.15, 0.2) is 30.3 Å². The number of hydrogen-bond donors (Lipinski definition) is 3. The van der Waals surface area contributed by atoms with Crippen LogP contribution in [0.3, 0.4) is 0 Å². The quantitative estimate of drug-likeness (QED) is 0.206. The number of nitrogens with one attached hydrogen (secondary N) is 1. The number of nitrogens with two attached hydrogens (primary N) is 1. The molecule has 2 atom stereocenters. The van der Waals surface area contributed by atoms with Crippen molar-refractivity contribution in [1.29, 1.82) is 0 Å². The second kappa shape index (κ2) is 13.9. The topological polar surface area (TPSA) is 153 Å². The van der Waals surface area contributed by atoms with Crippen molar-refractivity contribution >= 4 is 29.5 Å². The number of fused-ring (bicyclic) bond motifs is 1. The highest BCUT2D eigenvalue weighted by atomic mass is 19.4. The Kier molecular flexibility index (Phi) is 10.3. The molecule has 2 aromatic heterocycles. The molecule has 4 rings (SSSR count). The van der Waals surface area contributed by atoms with Crippen molar-refractivity contribution in [3.05, 3.63) is 64.0 Å². The molecule has 1 aromatic carbocycles. The van der Waals surface area contributed by atoms with E-state index in [9.17, 15) is 41.0 Å². The van der Waals surface area contributed by atoms with Crippen molar-refractivity contribution in [1.82, 2.24) is 15.0 Å². The summed E-state index contributed by atoms with van der Waals surface area (Å²) in [5.41, 5.74) is 3.57. The maximum Gasteiger partial charge on any atom is 0.416 e. The van der Waals surface area contributed by atoms with E-state index in [0.717, 1.165) is 0 Å². The minimum Gasteiger partial charge on any atom is -0.481 e. The number of ether oxygens (including phenoxy) is 2. The Hall–Kier alpha value is -4.83. The molecular weight excluding hydrogens is 638 g/mol. The van der Waals surface area contributed by atoms with Crippen LogP contribution in [0, 0.1) is 0 Å². The second-order valence-electron chi connectivity index (χ2n) is 10.7. The number of alkyl halides is 6. The number of carbonyl (C=O) groups excluding carboxylic acids is 1. The Balaban J connectivity index is 1.80.